The number of carbonyl (C=O) groups excluding carboxylic acids is 2. The zero-order chi connectivity index (χ0) is 25.2. The molecule has 3 unspecified atom stereocenters. The molecule has 186 valence electrons. The molecule has 1 aliphatic carbocycles. The predicted molar refractivity (Wildman–Crippen MR) is 117 cm³/mol. The third-order valence-electron chi connectivity index (χ3n) is 6.15. The first kappa shape index (κ1) is 24.5. The van der Waals surface area contributed by atoms with Gasteiger partial charge in [0.25, 0.3) is 0 Å². The molecule has 2 amide bonds. The highest BCUT2D eigenvalue weighted by atomic mass is 19.4. The summed E-state index contributed by atoms with van der Waals surface area (Å²) >= 11 is 0. The van der Waals surface area contributed by atoms with E-state index in [1.165, 1.54) is 0 Å². The number of carboxylic acid groups (broad SMARTS) is 1. The van der Waals surface area contributed by atoms with Crippen molar-refractivity contribution < 1.29 is 42.1 Å². The smallest absolute Gasteiger partial charge is 0.409 e. The second-order valence-corrected chi connectivity index (χ2v) is 8.42. The van der Waals surface area contributed by atoms with Crippen LogP contribution < -0.4 is 10.6 Å². The van der Waals surface area contributed by atoms with Gasteiger partial charge < -0.3 is 25.2 Å². The molecular weight excluding hydrogens is 469 g/mol. The van der Waals surface area contributed by atoms with Gasteiger partial charge in [0.15, 0.2) is 0 Å². The fraction of sp³-hybridized carbons (Fsp3) is 0.375. The van der Waals surface area contributed by atoms with E-state index in [-0.39, 0.29) is 25.7 Å². The van der Waals surface area contributed by atoms with Gasteiger partial charge in [-0.1, -0.05) is 48.5 Å². The molecule has 1 aliphatic heterocycles. The maximum Gasteiger partial charge on any atom is 0.409 e. The summed E-state index contributed by atoms with van der Waals surface area (Å²) in [5, 5.41) is 12.9. The van der Waals surface area contributed by atoms with Gasteiger partial charge in [0, 0.05) is 5.92 Å². The van der Waals surface area contributed by atoms with E-state index in [1.54, 1.807) is 5.32 Å². The minimum atomic E-state index is -4.94. The summed E-state index contributed by atoms with van der Waals surface area (Å²) in [5.41, 5.74) is 4.14. The molecule has 1 heterocycles. The second-order valence-electron chi connectivity index (χ2n) is 8.42. The standard InChI is InChI=1S/C24H23F3N2O6/c25-24(26,27)20(9-21(30)31)29-22(32)18-10-34-12-19(18)28-23(33)35-11-17-15-7-3-1-5-13(15)14-6-2-4-8-16(14)17/h1-8,17-20H,9-12H2,(H,28,33)(H,29,32)(H,30,31). The fourth-order valence-electron chi connectivity index (χ4n) is 4.45. The summed E-state index contributed by atoms with van der Waals surface area (Å²) in [7, 11) is 0. The van der Waals surface area contributed by atoms with Crippen molar-refractivity contribution in [2.75, 3.05) is 19.8 Å². The molecule has 2 aromatic carbocycles. The molecule has 0 radical (unpaired) electrons. The molecule has 0 bridgehead atoms. The number of aliphatic carboxylic acids is 1. The summed E-state index contributed by atoms with van der Waals surface area (Å²) in [6.45, 7) is -0.297. The van der Waals surface area contributed by atoms with Gasteiger partial charge in [0.1, 0.15) is 12.6 Å². The molecule has 0 saturated carbocycles. The number of alkyl carbamates (subject to hydrolysis) is 1. The SMILES string of the molecule is O=C(O)CC(NC(=O)C1COCC1NC(=O)OCC1c2ccccc2-c2ccccc21)C(F)(F)F. The number of rotatable bonds is 7. The summed E-state index contributed by atoms with van der Waals surface area (Å²) in [5.74, 6) is -4.08. The van der Waals surface area contributed by atoms with Gasteiger partial charge in [-0.2, -0.15) is 13.2 Å². The molecule has 3 N–H and O–H groups in total. The van der Waals surface area contributed by atoms with E-state index < -0.39 is 48.6 Å². The molecule has 35 heavy (non-hydrogen) atoms. The number of halogens is 3. The van der Waals surface area contributed by atoms with E-state index in [0.717, 1.165) is 22.3 Å². The van der Waals surface area contributed by atoms with Crippen molar-refractivity contribution in [3.63, 3.8) is 0 Å². The van der Waals surface area contributed by atoms with Gasteiger partial charge in [-0.15, -0.1) is 0 Å². The first-order valence-electron chi connectivity index (χ1n) is 10.9. The third-order valence-corrected chi connectivity index (χ3v) is 6.15. The number of carboxylic acids is 1. The Morgan fingerprint density at radius 1 is 1.03 bits per heavy atom. The molecule has 1 saturated heterocycles. The zero-order valence-corrected chi connectivity index (χ0v) is 18.4. The second kappa shape index (κ2) is 9.95. The Bertz CT molecular complexity index is 1080. The lowest BCUT2D eigenvalue weighted by Crippen LogP contribution is -2.52. The number of carbonyl (C=O) groups is 3. The van der Waals surface area contributed by atoms with Crippen molar-refractivity contribution in [2.24, 2.45) is 5.92 Å². The van der Waals surface area contributed by atoms with Crippen LogP contribution in [0.2, 0.25) is 0 Å². The van der Waals surface area contributed by atoms with Gasteiger partial charge in [0.05, 0.1) is 31.6 Å². The van der Waals surface area contributed by atoms with Crippen LogP contribution in [-0.4, -0.2) is 61.2 Å². The molecule has 0 spiro atoms. The number of alkyl halides is 3. The van der Waals surface area contributed by atoms with Crippen molar-refractivity contribution in [3.05, 3.63) is 59.7 Å². The van der Waals surface area contributed by atoms with Crippen LogP contribution in [0.4, 0.5) is 18.0 Å². The molecular formula is C24H23F3N2O6. The van der Waals surface area contributed by atoms with Gasteiger partial charge in [0.2, 0.25) is 5.91 Å². The van der Waals surface area contributed by atoms with Crippen LogP contribution >= 0.6 is 0 Å². The largest absolute Gasteiger partial charge is 0.481 e. The van der Waals surface area contributed by atoms with Crippen molar-refractivity contribution in [1.82, 2.24) is 10.6 Å². The fourth-order valence-corrected chi connectivity index (χ4v) is 4.45. The van der Waals surface area contributed by atoms with Crippen LogP contribution in [0.25, 0.3) is 11.1 Å². The Morgan fingerprint density at radius 3 is 2.20 bits per heavy atom. The number of amides is 2. The maximum atomic E-state index is 13.1. The van der Waals surface area contributed by atoms with E-state index in [0.29, 0.717) is 0 Å². The van der Waals surface area contributed by atoms with Gasteiger partial charge >= 0.3 is 18.2 Å². The molecule has 0 aromatic heterocycles. The Kier molecular flexibility index (Phi) is 6.97. The van der Waals surface area contributed by atoms with E-state index >= 15 is 0 Å². The Hall–Kier alpha value is -3.60. The first-order chi connectivity index (χ1) is 16.6. The molecule has 2 aliphatic rings. The van der Waals surface area contributed by atoms with E-state index in [2.05, 4.69) is 5.32 Å². The number of fused-ring (bicyclic) bond motifs is 3. The minimum Gasteiger partial charge on any atom is -0.481 e. The van der Waals surface area contributed by atoms with E-state index in [4.69, 9.17) is 14.6 Å². The Labute approximate surface area is 198 Å². The highest BCUT2D eigenvalue weighted by Crippen LogP contribution is 2.44. The van der Waals surface area contributed by atoms with Crippen molar-refractivity contribution in [2.45, 2.75) is 30.6 Å². The van der Waals surface area contributed by atoms with Gasteiger partial charge in [-0.05, 0) is 22.3 Å². The lowest BCUT2D eigenvalue weighted by Gasteiger charge is -2.24. The van der Waals surface area contributed by atoms with Crippen LogP contribution in [0.3, 0.4) is 0 Å². The van der Waals surface area contributed by atoms with Crippen LogP contribution in [0.1, 0.15) is 23.5 Å². The normalized spacial score (nSPS) is 20.0. The Morgan fingerprint density at radius 2 is 1.63 bits per heavy atom. The number of benzene rings is 2. The van der Waals surface area contributed by atoms with E-state index in [9.17, 15) is 27.6 Å². The maximum absolute atomic E-state index is 13.1. The average Bonchev–Trinajstić information content (AvgIpc) is 3.39. The minimum absolute atomic E-state index is 0.0268. The zero-order valence-electron chi connectivity index (χ0n) is 18.4. The number of hydrogen-bond donors (Lipinski definition) is 3. The summed E-state index contributed by atoms with van der Waals surface area (Å²) < 4.78 is 49.9. The lowest BCUT2D eigenvalue weighted by atomic mass is 9.98. The summed E-state index contributed by atoms with van der Waals surface area (Å²) in [6, 6.07) is 12.1. The van der Waals surface area contributed by atoms with Gasteiger partial charge in [-0.25, -0.2) is 4.79 Å². The monoisotopic (exact) mass is 492 g/mol. The molecule has 3 atom stereocenters. The van der Waals surface area contributed by atoms with Gasteiger partial charge in [-0.3, -0.25) is 9.59 Å². The topological polar surface area (TPSA) is 114 Å². The molecule has 2 aromatic rings. The molecule has 1 fully saturated rings. The highest BCUT2D eigenvalue weighted by molar-refractivity contribution is 5.82. The molecule has 4 rings (SSSR count). The summed E-state index contributed by atoms with van der Waals surface area (Å²) in [4.78, 5) is 35.7. The lowest BCUT2D eigenvalue weighted by molar-refractivity contribution is -0.171. The number of nitrogens with one attached hydrogen (secondary N) is 2. The number of hydrogen-bond acceptors (Lipinski definition) is 5. The molecule has 11 heteroatoms. The Balaban J connectivity index is 1.37. The highest BCUT2D eigenvalue weighted by Gasteiger charge is 2.45. The van der Waals surface area contributed by atoms with Crippen LogP contribution in [0.15, 0.2) is 48.5 Å². The first-order valence-corrected chi connectivity index (χ1v) is 10.9. The van der Waals surface area contributed by atoms with Crippen LogP contribution in [0.5, 0.6) is 0 Å². The van der Waals surface area contributed by atoms with E-state index in [1.807, 2.05) is 48.5 Å². The van der Waals surface area contributed by atoms with Crippen molar-refractivity contribution >= 4 is 18.0 Å². The third kappa shape index (κ3) is 5.40. The molecule has 8 nitrogen and oxygen atoms in total. The average molecular weight is 492 g/mol. The number of ether oxygens (including phenoxy) is 2. The van der Waals surface area contributed by atoms with Crippen LogP contribution in [-0.2, 0) is 19.1 Å². The predicted octanol–water partition coefficient (Wildman–Crippen LogP) is 3.06. The van der Waals surface area contributed by atoms with Crippen LogP contribution in [0, 0.1) is 5.92 Å². The summed E-state index contributed by atoms with van der Waals surface area (Å²) in [6.07, 6.45) is -7.09. The van der Waals surface area contributed by atoms with Crippen molar-refractivity contribution in [3.8, 4) is 11.1 Å². The van der Waals surface area contributed by atoms with Crippen molar-refractivity contribution in [1.29, 1.82) is 0 Å². The quantitative estimate of drug-likeness (QED) is 0.548.